The molecule has 0 spiro atoms. The van der Waals surface area contributed by atoms with E-state index in [-0.39, 0.29) is 13.2 Å². The number of amides is 1. The number of alkyl halides is 3. The highest BCUT2D eigenvalue weighted by Gasteiger charge is 2.29. The summed E-state index contributed by atoms with van der Waals surface area (Å²) < 4.78 is 56.9. The zero-order chi connectivity index (χ0) is 20.1. The standard InChI is InChI=1S/C18H14F4N4O2/c19-14-5-7-15(8-6-14)23-17(27)28-11-16-10-26(25-24-16)9-12-1-3-13(4-2-12)18(20,21)22/h1-8,10H,9,11H2,(H,23,27). The van der Waals surface area contributed by atoms with Crippen LogP contribution in [0.5, 0.6) is 0 Å². The second-order valence-corrected chi connectivity index (χ2v) is 5.81. The summed E-state index contributed by atoms with van der Waals surface area (Å²) in [6.45, 7) is 0.0625. The molecule has 6 nitrogen and oxygen atoms in total. The first kappa shape index (κ1) is 19.3. The number of carbonyl (C=O) groups is 1. The molecule has 1 heterocycles. The second kappa shape index (κ2) is 8.07. The zero-order valence-corrected chi connectivity index (χ0v) is 14.3. The summed E-state index contributed by atoms with van der Waals surface area (Å²) in [6.07, 6.45) is -3.61. The number of hydrogen-bond donors (Lipinski definition) is 1. The number of rotatable bonds is 5. The summed E-state index contributed by atoms with van der Waals surface area (Å²) in [5.74, 6) is -0.427. The molecule has 10 heteroatoms. The maximum atomic E-state index is 12.8. The fourth-order valence-electron chi connectivity index (χ4n) is 2.29. The van der Waals surface area contributed by atoms with Crippen LogP contribution >= 0.6 is 0 Å². The Kier molecular flexibility index (Phi) is 5.57. The first-order valence-electron chi connectivity index (χ1n) is 8.04. The summed E-state index contributed by atoms with van der Waals surface area (Å²) in [7, 11) is 0. The second-order valence-electron chi connectivity index (χ2n) is 5.81. The van der Waals surface area contributed by atoms with Gasteiger partial charge >= 0.3 is 12.3 Å². The normalized spacial score (nSPS) is 11.3. The Bertz CT molecular complexity index is 937. The van der Waals surface area contributed by atoms with Gasteiger partial charge in [-0.25, -0.2) is 13.9 Å². The number of ether oxygens (including phenoxy) is 1. The Balaban J connectivity index is 1.51. The van der Waals surface area contributed by atoms with Gasteiger partial charge in [-0.2, -0.15) is 13.2 Å². The van der Waals surface area contributed by atoms with Crippen LogP contribution in [0.2, 0.25) is 0 Å². The molecule has 3 rings (SSSR count). The Morgan fingerprint density at radius 3 is 2.39 bits per heavy atom. The smallest absolute Gasteiger partial charge is 0.416 e. The number of hydrogen-bond acceptors (Lipinski definition) is 4. The average molecular weight is 394 g/mol. The quantitative estimate of drug-likeness (QED) is 0.658. The van der Waals surface area contributed by atoms with E-state index in [9.17, 15) is 22.4 Å². The van der Waals surface area contributed by atoms with Crippen molar-refractivity contribution in [2.75, 3.05) is 5.32 Å². The first-order valence-corrected chi connectivity index (χ1v) is 8.04. The van der Waals surface area contributed by atoms with E-state index in [2.05, 4.69) is 15.6 Å². The van der Waals surface area contributed by atoms with Crippen LogP contribution in [-0.2, 0) is 24.1 Å². The Morgan fingerprint density at radius 1 is 1.07 bits per heavy atom. The third-order valence-electron chi connectivity index (χ3n) is 3.65. The van der Waals surface area contributed by atoms with Crippen LogP contribution in [0.4, 0.5) is 28.0 Å². The lowest BCUT2D eigenvalue weighted by Crippen LogP contribution is -2.13. The van der Waals surface area contributed by atoms with Gasteiger partial charge in [-0.1, -0.05) is 17.3 Å². The van der Waals surface area contributed by atoms with Crippen molar-refractivity contribution in [3.63, 3.8) is 0 Å². The predicted octanol–water partition coefficient (Wildman–Crippen LogP) is 4.23. The minimum absolute atomic E-state index is 0.153. The number of anilines is 1. The first-order chi connectivity index (χ1) is 13.3. The van der Waals surface area contributed by atoms with E-state index in [4.69, 9.17) is 4.74 Å². The molecule has 1 aromatic heterocycles. The van der Waals surface area contributed by atoms with Crippen LogP contribution in [0.1, 0.15) is 16.8 Å². The predicted molar refractivity (Wildman–Crippen MR) is 90.8 cm³/mol. The van der Waals surface area contributed by atoms with Gasteiger partial charge < -0.3 is 4.74 Å². The summed E-state index contributed by atoms with van der Waals surface area (Å²) in [5, 5.41) is 10.1. The molecule has 1 amide bonds. The van der Waals surface area contributed by atoms with Crippen LogP contribution in [-0.4, -0.2) is 21.1 Å². The fraction of sp³-hybridized carbons (Fsp3) is 0.167. The lowest BCUT2D eigenvalue weighted by molar-refractivity contribution is -0.137. The average Bonchev–Trinajstić information content (AvgIpc) is 3.09. The van der Waals surface area contributed by atoms with Gasteiger partial charge in [0.2, 0.25) is 0 Å². The molecule has 0 saturated heterocycles. The molecule has 0 unspecified atom stereocenters. The van der Waals surface area contributed by atoms with Crippen molar-refractivity contribution in [3.8, 4) is 0 Å². The fourth-order valence-corrected chi connectivity index (χ4v) is 2.29. The summed E-state index contributed by atoms with van der Waals surface area (Å²) in [5.41, 5.74) is 0.619. The SMILES string of the molecule is O=C(Nc1ccc(F)cc1)OCc1cn(Cc2ccc(C(F)(F)F)cc2)nn1. The van der Waals surface area contributed by atoms with Gasteiger partial charge in [-0.05, 0) is 42.0 Å². The van der Waals surface area contributed by atoms with E-state index in [1.54, 1.807) is 0 Å². The van der Waals surface area contributed by atoms with E-state index in [1.165, 1.54) is 47.3 Å². The van der Waals surface area contributed by atoms with Crippen molar-refractivity contribution in [1.29, 1.82) is 0 Å². The maximum Gasteiger partial charge on any atom is 0.416 e. The van der Waals surface area contributed by atoms with Gasteiger partial charge in [0.05, 0.1) is 18.3 Å². The Hall–Kier alpha value is -3.43. The minimum Gasteiger partial charge on any atom is -0.443 e. The molecule has 28 heavy (non-hydrogen) atoms. The van der Waals surface area contributed by atoms with Crippen molar-refractivity contribution >= 4 is 11.8 Å². The molecule has 2 aromatic carbocycles. The number of nitrogens with zero attached hydrogens (tertiary/aromatic N) is 3. The Morgan fingerprint density at radius 2 is 1.75 bits per heavy atom. The Labute approximate surface area is 156 Å². The molecule has 3 aromatic rings. The van der Waals surface area contributed by atoms with Gasteiger partial charge in [0.25, 0.3) is 0 Å². The number of benzene rings is 2. The molecular formula is C18H14F4N4O2. The summed E-state index contributed by atoms with van der Waals surface area (Å²) in [6, 6.07) is 9.87. The molecule has 146 valence electrons. The number of halogens is 4. The molecule has 0 bridgehead atoms. The van der Waals surface area contributed by atoms with Crippen molar-refractivity contribution < 1.29 is 27.1 Å². The summed E-state index contributed by atoms with van der Waals surface area (Å²) >= 11 is 0. The lowest BCUT2D eigenvalue weighted by atomic mass is 10.1. The highest BCUT2D eigenvalue weighted by molar-refractivity contribution is 5.84. The molecule has 0 fully saturated rings. The number of nitrogens with one attached hydrogen (secondary N) is 1. The van der Waals surface area contributed by atoms with Gasteiger partial charge in [0, 0.05) is 5.69 Å². The molecule has 1 N–H and O–H groups in total. The van der Waals surface area contributed by atoms with E-state index < -0.39 is 23.7 Å². The molecule has 0 aliphatic heterocycles. The van der Waals surface area contributed by atoms with E-state index >= 15 is 0 Å². The minimum atomic E-state index is -4.38. The van der Waals surface area contributed by atoms with Crippen molar-refractivity contribution in [3.05, 3.63) is 77.4 Å². The third kappa shape index (κ3) is 5.29. The van der Waals surface area contributed by atoms with Gasteiger partial charge in [0.1, 0.15) is 18.1 Å². The van der Waals surface area contributed by atoms with Crippen LogP contribution in [0, 0.1) is 5.82 Å². The van der Waals surface area contributed by atoms with Crippen LogP contribution < -0.4 is 5.32 Å². The zero-order valence-electron chi connectivity index (χ0n) is 14.3. The van der Waals surface area contributed by atoms with Crippen LogP contribution in [0.25, 0.3) is 0 Å². The highest BCUT2D eigenvalue weighted by Crippen LogP contribution is 2.29. The molecule has 0 saturated carbocycles. The number of aromatic nitrogens is 3. The maximum absolute atomic E-state index is 12.8. The third-order valence-corrected chi connectivity index (χ3v) is 3.65. The van der Waals surface area contributed by atoms with E-state index in [1.807, 2.05) is 0 Å². The van der Waals surface area contributed by atoms with Gasteiger partial charge in [0.15, 0.2) is 0 Å². The lowest BCUT2D eigenvalue weighted by Gasteiger charge is -2.07. The van der Waals surface area contributed by atoms with Crippen molar-refractivity contribution in [2.24, 2.45) is 0 Å². The van der Waals surface area contributed by atoms with Gasteiger partial charge in [-0.15, -0.1) is 5.10 Å². The van der Waals surface area contributed by atoms with Gasteiger partial charge in [-0.3, -0.25) is 5.32 Å². The highest BCUT2D eigenvalue weighted by atomic mass is 19.4. The monoisotopic (exact) mass is 394 g/mol. The molecule has 0 atom stereocenters. The van der Waals surface area contributed by atoms with Crippen LogP contribution in [0.3, 0.4) is 0 Å². The van der Waals surface area contributed by atoms with Crippen LogP contribution in [0.15, 0.2) is 54.7 Å². The van der Waals surface area contributed by atoms with E-state index in [0.717, 1.165) is 12.1 Å². The largest absolute Gasteiger partial charge is 0.443 e. The summed E-state index contributed by atoms with van der Waals surface area (Å²) in [4.78, 5) is 11.7. The van der Waals surface area contributed by atoms with Crippen molar-refractivity contribution in [2.45, 2.75) is 19.3 Å². The molecule has 0 aliphatic carbocycles. The topological polar surface area (TPSA) is 69.0 Å². The molecular weight excluding hydrogens is 380 g/mol. The van der Waals surface area contributed by atoms with Crippen molar-refractivity contribution in [1.82, 2.24) is 15.0 Å². The number of carbonyl (C=O) groups excluding carboxylic acids is 1. The molecule has 0 radical (unpaired) electrons. The molecule has 0 aliphatic rings. The van der Waals surface area contributed by atoms with E-state index in [0.29, 0.717) is 16.9 Å².